The van der Waals surface area contributed by atoms with Crippen molar-refractivity contribution in [3.05, 3.63) is 53.7 Å². The standard InChI is InChI=1S/C14H14F2N2O2S/c1-21(19,20)13-7-6-12(9-18-13)17-8-10-2-4-11(5-3-10)14(15)16/h2-7,9,14,17H,8H2,1H3. The van der Waals surface area contributed by atoms with Crippen LogP contribution in [0.2, 0.25) is 0 Å². The van der Waals surface area contributed by atoms with Crippen molar-refractivity contribution in [3.8, 4) is 0 Å². The molecule has 1 heterocycles. The van der Waals surface area contributed by atoms with E-state index < -0.39 is 16.3 Å². The van der Waals surface area contributed by atoms with Crippen LogP contribution in [0.3, 0.4) is 0 Å². The molecule has 4 nitrogen and oxygen atoms in total. The Morgan fingerprint density at radius 3 is 2.29 bits per heavy atom. The quantitative estimate of drug-likeness (QED) is 0.922. The third-order valence-corrected chi connectivity index (χ3v) is 3.85. The minimum atomic E-state index is -3.31. The predicted molar refractivity (Wildman–Crippen MR) is 76.1 cm³/mol. The summed E-state index contributed by atoms with van der Waals surface area (Å²) in [7, 11) is -3.31. The summed E-state index contributed by atoms with van der Waals surface area (Å²) in [5.41, 5.74) is 1.48. The number of nitrogens with one attached hydrogen (secondary N) is 1. The van der Waals surface area contributed by atoms with Gasteiger partial charge in [-0.15, -0.1) is 0 Å². The number of aromatic nitrogens is 1. The van der Waals surface area contributed by atoms with Crippen molar-refractivity contribution >= 4 is 15.5 Å². The Morgan fingerprint density at radius 2 is 1.81 bits per heavy atom. The Balaban J connectivity index is 2.00. The van der Waals surface area contributed by atoms with Crippen LogP contribution in [0.25, 0.3) is 0 Å². The van der Waals surface area contributed by atoms with Crippen molar-refractivity contribution in [1.29, 1.82) is 0 Å². The first-order chi connectivity index (χ1) is 9.86. The lowest BCUT2D eigenvalue weighted by atomic mass is 10.1. The molecule has 0 bridgehead atoms. The van der Waals surface area contributed by atoms with Crippen molar-refractivity contribution in [2.45, 2.75) is 18.0 Å². The molecule has 2 rings (SSSR count). The molecule has 1 aromatic heterocycles. The molecule has 0 radical (unpaired) electrons. The topological polar surface area (TPSA) is 59.1 Å². The van der Waals surface area contributed by atoms with Gasteiger partial charge in [-0.3, -0.25) is 0 Å². The van der Waals surface area contributed by atoms with E-state index in [-0.39, 0.29) is 10.6 Å². The molecule has 0 aliphatic rings. The Kier molecular flexibility index (Phi) is 4.52. The zero-order valence-corrected chi connectivity index (χ0v) is 12.1. The highest BCUT2D eigenvalue weighted by atomic mass is 32.2. The van der Waals surface area contributed by atoms with E-state index in [1.807, 2.05) is 0 Å². The molecule has 21 heavy (non-hydrogen) atoms. The van der Waals surface area contributed by atoms with E-state index in [1.165, 1.54) is 24.4 Å². The summed E-state index contributed by atoms with van der Waals surface area (Å²) in [6, 6.07) is 9.02. The normalized spacial score (nSPS) is 11.6. The summed E-state index contributed by atoms with van der Waals surface area (Å²) >= 11 is 0. The zero-order valence-electron chi connectivity index (χ0n) is 11.3. The first-order valence-electron chi connectivity index (χ1n) is 6.13. The Hall–Kier alpha value is -2.02. The van der Waals surface area contributed by atoms with Crippen LogP contribution in [0.1, 0.15) is 17.6 Å². The van der Waals surface area contributed by atoms with Gasteiger partial charge in [-0.05, 0) is 17.7 Å². The fourth-order valence-corrected chi connectivity index (χ4v) is 2.25. The maximum Gasteiger partial charge on any atom is 0.263 e. The fourth-order valence-electron chi connectivity index (χ4n) is 1.69. The second kappa shape index (κ2) is 6.17. The third-order valence-electron chi connectivity index (χ3n) is 2.84. The maximum absolute atomic E-state index is 12.4. The van der Waals surface area contributed by atoms with Gasteiger partial charge in [0.25, 0.3) is 6.43 Å². The smallest absolute Gasteiger partial charge is 0.263 e. The van der Waals surface area contributed by atoms with E-state index in [1.54, 1.807) is 18.2 Å². The number of hydrogen-bond donors (Lipinski definition) is 1. The molecule has 112 valence electrons. The van der Waals surface area contributed by atoms with Gasteiger partial charge in [0.05, 0.1) is 11.9 Å². The Morgan fingerprint density at radius 1 is 1.14 bits per heavy atom. The lowest BCUT2D eigenvalue weighted by molar-refractivity contribution is 0.151. The Bertz CT molecular complexity index is 699. The first kappa shape index (κ1) is 15.4. The van der Waals surface area contributed by atoms with E-state index in [2.05, 4.69) is 10.3 Å². The molecule has 1 N–H and O–H groups in total. The maximum atomic E-state index is 12.4. The van der Waals surface area contributed by atoms with E-state index in [4.69, 9.17) is 0 Å². The van der Waals surface area contributed by atoms with Gasteiger partial charge in [-0.1, -0.05) is 24.3 Å². The summed E-state index contributed by atoms with van der Waals surface area (Å²) in [5, 5.41) is 3.05. The van der Waals surface area contributed by atoms with Crippen molar-refractivity contribution in [3.63, 3.8) is 0 Å². The minimum absolute atomic E-state index is 0.00864. The van der Waals surface area contributed by atoms with E-state index in [0.29, 0.717) is 12.2 Å². The van der Waals surface area contributed by atoms with Crippen LogP contribution >= 0.6 is 0 Å². The average Bonchev–Trinajstić information content (AvgIpc) is 2.45. The number of anilines is 1. The van der Waals surface area contributed by atoms with Gasteiger partial charge in [-0.2, -0.15) is 0 Å². The molecule has 0 amide bonds. The highest BCUT2D eigenvalue weighted by Crippen LogP contribution is 2.19. The molecule has 0 aliphatic heterocycles. The van der Waals surface area contributed by atoms with Crippen molar-refractivity contribution in [2.75, 3.05) is 11.6 Å². The summed E-state index contributed by atoms with van der Waals surface area (Å²) in [6.45, 7) is 0.434. The molecule has 1 aromatic carbocycles. The molecule has 0 saturated heterocycles. The molecular formula is C14H14F2N2O2S. The van der Waals surface area contributed by atoms with Crippen molar-refractivity contribution in [1.82, 2.24) is 4.98 Å². The van der Waals surface area contributed by atoms with Crippen LogP contribution in [0, 0.1) is 0 Å². The lowest BCUT2D eigenvalue weighted by Gasteiger charge is -2.07. The predicted octanol–water partition coefficient (Wildman–Crippen LogP) is 3.03. The molecule has 0 saturated carbocycles. The van der Waals surface area contributed by atoms with Gasteiger partial charge in [0.2, 0.25) is 0 Å². The molecule has 0 fully saturated rings. The summed E-state index contributed by atoms with van der Waals surface area (Å²) in [5.74, 6) is 0. The number of pyridine rings is 1. The molecule has 7 heteroatoms. The lowest BCUT2D eigenvalue weighted by Crippen LogP contribution is -2.03. The SMILES string of the molecule is CS(=O)(=O)c1ccc(NCc2ccc(C(F)F)cc2)cn1. The van der Waals surface area contributed by atoms with Crippen LogP contribution in [0.4, 0.5) is 14.5 Å². The van der Waals surface area contributed by atoms with Crippen LogP contribution in [-0.2, 0) is 16.4 Å². The van der Waals surface area contributed by atoms with E-state index in [9.17, 15) is 17.2 Å². The molecule has 0 aliphatic carbocycles. The molecule has 2 aromatic rings. The second-order valence-electron chi connectivity index (χ2n) is 4.55. The number of halogens is 2. The minimum Gasteiger partial charge on any atom is -0.380 e. The number of alkyl halides is 2. The number of benzene rings is 1. The van der Waals surface area contributed by atoms with Crippen LogP contribution in [-0.4, -0.2) is 19.7 Å². The molecule has 0 spiro atoms. The Labute approximate surface area is 121 Å². The number of hydrogen-bond acceptors (Lipinski definition) is 4. The van der Waals surface area contributed by atoms with Crippen LogP contribution < -0.4 is 5.32 Å². The van der Waals surface area contributed by atoms with E-state index >= 15 is 0 Å². The summed E-state index contributed by atoms with van der Waals surface area (Å²) < 4.78 is 47.4. The van der Waals surface area contributed by atoms with Gasteiger partial charge >= 0.3 is 0 Å². The second-order valence-corrected chi connectivity index (χ2v) is 6.52. The largest absolute Gasteiger partial charge is 0.380 e. The molecule has 0 unspecified atom stereocenters. The summed E-state index contributed by atoms with van der Waals surface area (Å²) in [6.07, 6.45) is 0.0384. The van der Waals surface area contributed by atoms with Gasteiger partial charge < -0.3 is 5.32 Å². The van der Waals surface area contributed by atoms with Crippen molar-refractivity contribution in [2.24, 2.45) is 0 Å². The third kappa shape index (κ3) is 4.22. The molecule has 0 atom stereocenters. The number of sulfone groups is 1. The van der Waals surface area contributed by atoms with Crippen LogP contribution in [0.15, 0.2) is 47.6 Å². The van der Waals surface area contributed by atoms with Gasteiger partial charge in [0.15, 0.2) is 14.9 Å². The average molecular weight is 312 g/mol. The first-order valence-corrected chi connectivity index (χ1v) is 8.02. The number of rotatable bonds is 5. The monoisotopic (exact) mass is 312 g/mol. The van der Waals surface area contributed by atoms with Gasteiger partial charge in [-0.25, -0.2) is 22.2 Å². The highest BCUT2D eigenvalue weighted by molar-refractivity contribution is 7.90. The summed E-state index contributed by atoms with van der Waals surface area (Å²) in [4.78, 5) is 3.85. The number of nitrogens with zero attached hydrogens (tertiary/aromatic N) is 1. The zero-order chi connectivity index (χ0) is 15.5. The van der Waals surface area contributed by atoms with E-state index in [0.717, 1.165) is 11.8 Å². The molecular weight excluding hydrogens is 298 g/mol. The fraction of sp³-hybridized carbons (Fsp3) is 0.214. The van der Waals surface area contributed by atoms with Gasteiger partial charge in [0, 0.05) is 18.4 Å². The van der Waals surface area contributed by atoms with Crippen LogP contribution in [0.5, 0.6) is 0 Å². The highest BCUT2D eigenvalue weighted by Gasteiger charge is 2.08. The van der Waals surface area contributed by atoms with Gasteiger partial charge in [0.1, 0.15) is 0 Å². The van der Waals surface area contributed by atoms with Crippen molar-refractivity contribution < 1.29 is 17.2 Å².